The quantitative estimate of drug-likeness (QED) is 0.420. The number of ketones is 1. The van der Waals surface area contributed by atoms with Crippen molar-refractivity contribution in [2.45, 2.75) is 33.1 Å². The number of halogens is 2. The molecule has 166 valence electrons. The zero-order valence-electron chi connectivity index (χ0n) is 17.9. The number of nitrogens with zero attached hydrogens (tertiary/aromatic N) is 1. The van der Waals surface area contributed by atoms with E-state index >= 15 is 0 Å². The van der Waals surface area contributed by atoms with E-state index in [1.54, 1.807) is 16.7 Å². The molecular formula is C25H23Br2NO4. The monoisotopic (exact) mass is 559 g/mol. The largest absolute Gasteiger partial charge is 0.348 e. The third-order valence-electron chi connectivity index (χ3n) is 5.54. The first-order valence-electron chi connectivity index (χ1n) is 10.3. The number of fused-ring (bicyclic) bond motifs is 2. The molecule has 1 aromatic heterocycles. The predicted molar refractivity (Wildman–Crippen MR) is 133 cm³/mol. The molecule has 0 spiro atoms. The van der Waals surface area contributed by atoms with Crippen LogP contribution in [0.4, 0.5) is 0 Å². The fourth-order valence-corrected chi connectivity index (χ4v) is 4.78. The number of ether oxygens (including phenoxy) is 2. The molecule has 0 amide bonds. The molecule has 32 heavy (non-hydrogen) atoms. The number of carbonyl (C=O) groups excluding carboxylic acids is 1. The van der Waals surface area contributed by atoms with E-state index in [2.05, 4.69) is 37.9 Å². The molecule has 3 aromatic rings. The summed E-state index contributed by atoms with van der Waals surface area (Å²) in [4.78, 5) is 23.4. The van der Waals surface area contributed by atoms with E-state index in [4.69, 9.17) is 9.47 Å². The maximum atomic E-state index is 12.2. The maximum absolute atomic E-state index is 12.2. The summed E-state index contributed by atoms with van der Waals surface area (Å²) in [5.41, 5.74) is 5.25. The maximum Gasteiger partial charge on any atom is 0.251 e. The smallest absolute Gasteiger partial charge is 0.251 e. The summed E-state index contributed by atoms with van der Waals surface area (Å²) in [7, 11) is 0. The first-order valence-corrected chi connectivity index (χ1v) is 11.9. The van der Waals surface area contributed by atoms with Crippen molar-refractivity contribution >= 4 is 54.1 Å². The van der Waals surface area contributed by atoms with Crippen molar-refractivity contribution in [3.05, 3.63) is 84.5 Å². The van der Waals surface area contributed by atoms with Crippen molar-refractivity contribution in [1.82, 2.24) is 4.57 Å². The van der Waals surface area contributed by atoms with E-state index in [1.165, 1.54) is 5.56 Å². The second kappa shape index (κ2) is 9.83. The van der Waals surface area contributed by atoms with Gasteiger partial charge >= 0.3 is 0 Å². The van der Waals surface area contributed by atoms with Gasteiger partial charge in [0.2, 0.25) is 0 Å². The zero-order valence-corrected chi connectivity index (χ0v) is 21.0. The molecule has 2 heterocycles. The fraction of sp³-hybridized carbons (Fsp3) is 0.280. The number of hydrogen-bond acceptors (Lipinski definition) is 4. The normalized spacial score (nSPS) is 15.9. The van der Waals surface area contributed by atoms with Crippen molar-refractivity contribution in [2.75, 3.05) is 13.2 Å². The third-order valence-corrected chi connectivity index (χ3v) is 6.52. The summed E-state index contributed by atoms with van der Waals surface area (Å²) in [5.74, 6) is 0.197. The Bertz CT molecular complexity index is 1270. The topological polar surface area (TPSA) is 57.5 Å². The van der Waals surface area contributed by atoms with Crippen LogP contribution in [0.25, 0.3) is 16.5 Å². The van der Waals surface area contributed by atoms with Crippen molar-refractivity contribution in [2.24, 2.45) is 0 Å². The number of aryl methyl sites for hydroxylation is 1. The Labute approximate surface area is 203 Å². The van der Waals surface area contributed by atoms with E-state index in [-0.39, 0.29) is 17.6 Å². The number of aromatic nitrogens is 1. The summed E-state index contributed by atoms with van der Waals surface area (Å²) < 4.78 is 14.6. The molecule has 1 aliphatic carbocycles. The van der Waals surface area contributed by atoms with Gasteiger partial charge in [-0.05, 0) is 66.5 Å². The number of carbonyl (C=O) groups is 1. The van der Waals surface area contributed by atoms with Crippen LogP contribution < -0.4 is 5.56 Å². The van der Waals surface area contributed by atoms with Gasteiger partial charge in [0.05, 0.1) is 25.3 Å². The molecule has 5 nitrogen and oxygen atoms in total. The van der Waals surface area contributed by atoms with Crippen LogP contribution in [-0.4, -0.2) is 29.9 Å². The van der Waals surface area contributed by atoms with Gasteiger partial charge < -0.3 is 14.0 Å². The SMILES string of the molecule is CC1=CC(=O)Cc2cc(Br)ccc21.Cc1cc(=O)n(CC2OCCO2)c2cc(Br)ccc12. The molecule has 0 radical (unpaired) electrons. The van der Waals surface area contributed by atoms with Crippen LogP contribution in [0.2, 0.25) is 0 Å². The minimum absolute atomic E-state index is 0.0257. The Balaban J connectivity index is 0.000000165. The number of allylic oxidation sites excluding steroid dienone is 2. The van der Waals surface area contributed by atoms with Crippen LogP contribution in [-0.2, 0) is 27.2 Å². The van der Waals surface area contributed by atoms with Gasteiger partial charge in [-0.3, -0.25) is 9.59 Å². The van der Waals surface area contributed by atoms with E-state index in [0.717, 1.165) is 36.5 Å². The number of rotatable bonds is 2. The van der Waals surface area contributed by atoms with Crippen molar-refractivity contribution in [3.63, 3.8) is 0 Å². The van der Waals surface area contributed by atoms with Crippen molar-refractivity contribution < 1.29 is 14.3 Å². The minimum Gasteiger partial charge on any atom is -0.348 e. The second-order valence-electron chi connectivity index (χ2n) is 7.88. The van der Waals surface area contributed by atoms with Gasteiger partial charge in [-0.15, -0.1) is 0 Å². The fourth-order valence-electron chi connectivity index (χ4n) is 4.02. The third kappa shape index (κ3) is 5.12. The molecule has 0 atom stereocenters. The average molecular weight is 561 g/mol. The van der Waals surface area contributed by atoms with Crippen LogP contribution in [0.1, 0.15) is 23.6 Å². The van der Waals surface area contributed by atoms with Gasteiger partial charge in [0.15, 0.2) is 12.1 Å². The van der Waals surface area contributed by atoms with E-state index < -0.39 is 0 Å². The lowest BCUT2D eigenvalue weighted by Gasteiger charge is -2.15. The molecule has 1 fully saturated rings. The molecule has 2 aliphatic rings. The lowest BCUT2D eigenvalue weighted by atomic mass is 9.91. The van der Waals surface area contributed by atoms with Gasteiger partial charge in [-0.1, -0.05) is 44.0 Å². The molecule has 0 saturated carbocycles. The molecule has 0 unspecified atom stereocenters. The Morgan fingerprint density at radius 3 is 2.41 bits per heavy atom. The summed E-state index contributed by atoms with van der Waals surface area (Å²) in [5, 5.41) is 1.07. The summed E-state index contributed by atoms with van der Waals surface area (Å²) >= 11 is 6.85. The van der Waals surface area contributed by atoms with E-state index in [9.17, 15) is 9.59 Å². The van der Waals surface area contributed by atoms with Gasteiger partial charge in [0.25, 0.3) is 5.56 Å². The van der Waals surface area contributed by atoms with Crippen LogP contribution in [0, 0.1) is 6.92 Å². The highest BCUT2D eigenvalue weighted by Gasteiger charge is 2.18. The van der Waals surface area contributed by atoms with E-state index in [0.29, 0.717) is 26.2 Å². The summed E-state index contributed by atoms with van der Waals surface area (Å²) in [6.45, 7) is 5.53. The first-order chi connectivity index (χ1) is 15.3. The van der Waals surface area contributed by atoms with Crippen LogP contribution in [0.15, 0.2) is 62.3 Å². The second-order valence-corrected chi connectivity index (χ2v) is 9.71. The van der Waals surface area contributed by atoms with Crippen molar-refractivity contribution in [3.8, 4) is 0 Å². The Kier molecular flexibility index (Phi) is 7.10. The van der Waals surface area contributed by atoms with Crippen LogP contribution >= 0.6 is 31.9 Å². The van der Waals surface area contributed by atoms with Crippen LogP contribution in [0.5, 0.6) is 0 Å². The van der Waals surface area contributed by atoms with Gasteiger partial charge in [0.1, 0.15) is 0 Å². The van der Waals surface area contributed by atoms with Gasteiger partial charge in [-0.2, -0.15) is 0 Å². The molecule has 2 aromatic carbocycles. The van der Waals surface area contributed by atoms with Crippen molar-refractivity contribution in [1.29, 1.82) is 0 Å². The lowest BCUT2D eigenvalue weighted by Crippen LogP contribution is -2.27. The summed E-state index contributed by atoms with van der Waals surface area (Å²) in [6.07, 6.45) is 1.92. The first kappa shape index (κ1) is 23.1. The molecule has 7 heteroatoms. The minimum atomic E-state index is -0.331. The molecule has 5 rings (SSSR count). The lowest BCUT2D eigenvalue weighted by molar-refractivity contribution is -0.114. The predicted octanol–water partition coefficient (Wildman–Crippen LogP) is 5.42. The number of pyridine rings is 1. The number of benzene rings is 2. The molecular weight excluding hydrogens is 538 g/mol. The Hall–Kier alpha value is -2.06. The average Bonchev–Trinajstić information content (AvgIpc) is 3.24. The highest BCUT2D eigenvalue weighted by atomic mass is 79.9. The van der Waals surface area contributed by atoms with Gasteiger partial charge in [0, 0.05) is 26.8 Å². The highest BCUT2D eigenvalue weighted by molar-refractivity contribution is 9.10. The molecule has 0 bridgehead atoms. The zero-order chi connectivity index (χ0) is 22.8. The number of hydrogen-bond donors (Lipinski definition) is 0. The molecule has 1 aliphatic heterocycles. The molecule has 0 N–H and O–H groups in total. The molecule has 1 saturated heterocycles. The Morgan fingerprint density at radius 1 is 0.969 bits per heavy atom. The summed E-state index contributed by atoms with van der Waals surface area (Å²) in [6, 6.07) is 13.7. The van der Waals surface area contributed by atoms with Crippen LogP contribution in [0.3, 0.4) is 0 Å². The van der Waals surface area contributed by atoms with E-state index in [1.807, 2.05) is 44.2 Å². The standard InChI is InChI=1S/C14H14BrNO3.C11H9BrO/c1-9-6-13(17)16(8-14-18-4-5-19-14)12-7-10(15)2-3-11(9)12;1-7-4-10(13)6-8-5-9(12)2-3-11(7)8/h2-3,6-7,14H,4-5,8H2,1H3;2-5H,6H2,1H3. The highest BCUT2D eigenvalue weighted by Crippen LogP contribution is 2.27. The van der Waals surface area contributed by atoms with Gasteiger partial charge in [-0.25, -0.2) is 0 Å². The Morgan fingerprint density at radius 2 is 1.66 bits per heavy atom.